The predicted octanol–water partition coefficient (Wildman–Crippen LogP) is 3.48. The molecule has 2 atom stereocenters. The molecule has 0 aliphatic carbocycles. The second kappa shape index (κ2) is 6.95. The molecule has 126 valence electrons. The number of rotatable bonds is 4. The summed E-state index contributed by atoms with van der Waals surface area (Å²) < 4.78 is 16.8. The maximum absolute atomic E-state index is 6.06. The van der Waals surface area contributed by atoms with Gasteiger partial charge >= 0.3 is 0 Å². The summed E-state index contributed by atoms with van der Waals surface area (Å²) in [6.07, 6.45) is 1.13. The topological polar surface area (TPSA) is 39.7 Å². The molecule has 1 N–H and O–H groups in total. The van der Waals surface area contributed by atoms with Crippen molar-refractivity contribution >= 4 is 12.6 Å². The lowest BCUT2D eigenvalue weighted by Crippen LogP contribution is -2.38. The average Bonchev–Trinajstić information content (AvgIpc) is 3.09. The molecule has 0 bridgehead atoms. The van der Waals surface area contributed by atoms with E-state index in [0.717, 1.165) is 41.7 Å². The van der Waals surface area contributed by atoms with Crippen molar-refractivity contribution in [3.63, 3.8) is 0 Å². The quantitative estimate of drug-likeness (QED) is 0.834. The first-order valence-electron chi connectivity index (χ1n) is 8.32. The highest BCUT2D eigenvalue weighted by atomic mass is 32.1. The van der Waals surface area contributed by atoms with E-state index in [0.29, 0.717) is 18.4 Å². The van der Waals surface area contributed by atoms with Crippen molar-refractivity contribution in [1.82, 2.24) is 5.32 Å². The molecule has 1 saturated heterocycles. The van der Waals surface area contributed by atoms with Gasteiger partial charge in [-0.15, -0.1) is 12.6 Å². The number of piperidine rings is 1. The predicted molar refractivity (Wildman–Crippen MR) is 95.5 cm³/mol. The highest BCUT2D eigenvalue weighted by Gasteiger charge is 2.27. The Balaban J connectivity index is 1.44. The molecule has 0 aromatic heterocycles. The van der Waals surface area contributed by atoms with Gasteiger partial charge in [-0.3, -0.25) is 0 Å². The van der Waals surface area contributed by atoms with E-state index in [9.17, 15) is 0 Å². The summed E-state index contributed by atoms with van der Waals surface area (Å²) in [5.41, 5.74) is 1.37. The van der Waals surface area contributed by atoms with Gasteiger partial charge < -0.3 is 19.5 Å². The third kappa shape index (κ3) is 3.32. The molecule has 4 rings (SSSR count). The lowest BCUT2D eigenvalue weighted by atomic mass is 9.81. The fraction of sp³-hybridized carbons (Fsp3) is 0.368. The van der Waals surface area contributed by atoms with Gasteiger partial charge in [0.1, 0.15) is 5.75 Å². The van der Waals surface area contributed by atoms with Crippen molar-refractivity contribution in [3.05, 3.63) is 48.0 Å². The molecule has 2 aliphatic heterocycles. The summed E-state index contributed by atoms with van der Waals surface area (Å²) in [5, 5.41) is 3.48. The second-order valence-electron chi connectivity index (χ2n) is 6.28. The fourth-order valence-corrected chi connectivity index (χ4v) is 3.58. The van der Waals surface area contributed by atoms with Gasteiger partial charge in [-0.2, -0.15) is 0 Å². The Labute approximate surface area is 147 Å². The minimum absolute atomic E-state index is 0.286. The van der Waals surface area contributed by atoms with E-state index in [1.54, 1.807) is 0 Å². The first-order chi connectivity index (χ1) is 11.8. The van der Waals surface area contributed by atoms with Gasteiger partial charge in [0, 0.05) is 23.4 Å². The van der Waals surface area contributed by atoms with Crippen LogP contribution < -0.4 is 19.5 Å². The summed E-state index contributed by atoms with van der Waals surface area (Å²) in [7, 11) is 0. The number of thiol groups is 1. The van der Waals surface area contributed by atoms with Crippen molar-refractivity contribution in [2.24, 2.45) is 5.92 Å². The molecular formula is C19H21NO3S. The van der Waals surface area contributed by atoms with E-state index >= 15 is 0 Å². The summed E-state index contributed by atoms with van der Waals surface area (Å²) in [6.45, 7) is 2.99. The number of hydrogen-bond acceptors (Lipinski definition) is 5. The monoisotopic (exact) mass is 343 g/mol. The minimum atomic E-state index is 0.286. The lowest BCUT2D eigenvalue weighted by molar-refractivity contribution is 0.173. The zero-order valence-electron chi connectivity index (χ0n) is 13.4. The molecule has 0 radical (unpaired) electrons. The molecule has 0 spiro atoms. The molecule has 24 heavy (non-hydrogen) atoms. The maximum Gasteiger partial charge on any atom is 0.231 e. The van der Waals surface area contributed by atoms with Crippen LogP contribution >= 0.6 is 12.6 Å². The van der Waals surface area contributed by atoms with Gasteiger partial charge in [0.2, 0.25) is 6.79 Å². The molecule has 1 unspecified atom stereocenters. The van der Waals surface area contributed by atoms with Crippen molar-refractivity contribution < 1.29 is 14.2 Å². The van der Waals surface area contributed by atoms with Crippen LogP contribution in [-0.2, 0) is 0 Å². The largest absolute Gasteiger partial charge is 0.493 e. The van der Waals surface area contributed by atoms with Crippen molar-refractivity contribution in [1.29, 1.82) is 0 Å². The Morgan fingerprint density at radius 1 is 1.08 bits per heavy atom. The molecule has 5 heteroatoms. The molecule has 2 aromatic rings. The Morgan fingerprint density at radius 3 is 2.79 bits per heavy atom. The van der Waals surface area contributed by atoms with Gasteiger partial charge in [0.05, 0.1) is 6.61 Å². The van der Waals surface area contributed by atoms with Crippen molar-refractivity contribution in [2.75, 3.05) is 26.5 Å². The third-order valence-corrected chi connectivity index (χ3v) is 5.04. The minimum Gasteiger partial charge on any atom is -0.493 e. The van der Waals surface area contributed by atoms with Crippen molar-refractivity contribution in [3.8, 4) is 17.2 Å². The van der Waals surface area contributed by atoms with E-state index in [1.165, 1.54) is 5.56 Å². The zero-order valence-corrected chi connectivity index (χ0v) is 14.3. The van der Waals surface area contributed by atoms with Crippen LogP contribution in [0.15, 0.2) is 47.4 Å². The van der Waals surface area contributed by atoms with Gasteiger partial charge in [-0.25, -0.2) is 0 Å². The van der Waals surface area contributed by atoms with E-state index in [1.807, 2.05) is 18.2 Å². The number of benzene rings is 2. The first kappa shape index (κ1) is 15.7. The van der Waals surface area contributed by atoms with Crippen LogP contribution in [0.5, 0.6) is 17.2 Å². The van der Waals surface area contributed by atoms with Gasteiger partial charge in [-0.1, -0.05) is 12.1 Å². The molecule has 0 amide bonds. The van der Waals surface area contributed by atoms with E-state index in [4.69, 9.17) is 14.2 Å². The normalized spacial score (nSPS) is 22.4. The summed E-state index contributed by atoms with van der Waals surface area (Å²) in [6, 6.07) is 14.3. The highest BCUT2D eigenvalue weighted by molar-refractivity contribution is 7.80. The maximum atomic E-state index is 6.06. The number of ether oxygens (including phenoxy) is 3. The first-order valence-corrected chi connectivity index (χ1v) is 8.76. The third-order valence-electron chi connectivity index (χ3n) is 4.74. The summed E-state index contributed by atoms with van der Waals surface area (Å²) >= 11 is 4.38. The molecule has 1 fully saturated rings. The average molecular weight is 343 g/mol. The summed E-state index contributed by atoms with van der Waals surface area (Å²) in [5.74, 6) is 3.32. The van der Waals surface area contributed by atoms with Crippen LogP contribution in [0, 0.1) is 5.92 Å². The SMILES string of the molecule is Sc1ccc(C2CCNC[C@H]2COc2ccc3c(c2)OCO3)cc1. The number of fused-ring (bicyclic) bond motifs is 1. The van der Waals surface area contributed by atoms with E-state index < -0.39 is 0 Å². The van der Waals surface area contributed by atoms with Crippen LogP contribution in [0.3, 0.4) is 0 Å². The van der Waals surface area contributed by atoms with Gasteiger partial charge in [0.25, 0.3) is 0 Å². The van der Waals surface area contributed by atoms with Crippen LogP contribution in [0.4, 0.5) is 0 Å². The van der Waals surface area contributed by atoms with Crippen molar-refractivity contribution in [2.45, 2.75) is 17.2 Å². The molecule has 2 heterocycles. The standard InChI is InChI=1S/C19H21NO3S/c24-16-4-1-13(2-5-16)17-7-8-20-10-14(17)11-21-15-3-6-18-19(9-15)23-12-22-18/h1-6,9,14,17,20,24H,7-8,10-12H2/t14-,17?/m0/s1. The number of nitrogens with one attached hydrogen (secondary N) is 1. The molecule has 4 nitrogen and oxygen atoms in total. The molecule has 2 aromatic carbocycles. The highest BCUT2D eigenvalue weighted by Crippen LogP contribution is 2.36. The lowest BCUT2D eigenvalue weighted by Gasteiger charge is -2.32. The second-order valence-corrected chi connectivity index (χ2v) is 6.79. The van der Waals surface area contributed by atoms with Crippen LogP contribution in [0.1, 0.15) is 17.9 Å². The summed E-state index contributed by atoms with van der Waals surface area (Å²) in [4.78, 5) is 1.00. The Hall–Kier alpha value is -1.85. The van der Waals surface area contributed by atoms with Crippen LogP contribution in [-0.4, -0.2) is 26.5 Å². The fourth-order valence-electron chi connectivity index (χ4n) is 3.43. The Morgan fingerprint density at radius 2 is 1.92 bits per heavy atom. The Kier molecular flexibility index (Phi) is 4.54. The van der Waals surface area contributed by atoms with Crippen LogP contribution in [0.2, 0.25) is 0 Å². The number of hydrogen-bond donors (Lipinski definition) is 2. The van der Waals surface area contributed by atoms with Gasteiger partial charge in [0.15, 0.2) is 11.5 Å². The molecule has 2 aliphatic rings. The molecular weight excluding hydrogens is 322 g/mol. The van der Waals surface area contributed by atoms with E-state index in [2.05, 4.69) is 42.2 Å². The zero-order chi connectivity index (χ0) is 16.4. The molecule has 0 saturated carbocycles. The van der Waals surface area contributed by atoms with Gasteiger partial charge in [-0.05, 0) is 48.7 Å². The smallest absolute Gasteiger partial charge is 0.231 e. The van der Waals surface area contributed by atoms with Crippen LogP contribution in [0.25, 0.3) is 0 Å². The Bertz CT molecular complexity index is 704. The van der Waals surface area contributed by atoms with E-state index in [-0.39, 0.29) is 6.79 Å².